The zero-order valence-electron chi connectivity index (χ0n) is 18.7. The minimum absolute atomic E-state index is 0.0998. The molecular weight excluding hydrogens is 448 g/mol. The minimum atomic E-state index is -2.63. The average Bonchev–Trinajstić information content (AvgIpc) is 3.48. The maximum atomic E-state index is 13.7. The van der Waals surface area contributed by atoms with Crippen LogP contribution in [-0.4, -0.2) is 56.0 Å². The molecule has 1 saturated heterocycles. The fourth-order valence-electron chi connectivity index (χ4n) is 4.96. The molecule has 1 atom stereocenters. The van der Waals surface area contributed by atoms with Crippen LogP contribution in [-0.2, 0) is 4.74 Å². The Bertz CT molecular complexity index is 1140. The summed E-state index contributed by atoms with van der Waals surface area (Å²) in [5.41, 5.74) is 5.39. The number of aromatic nitrogens is 4. The topological polar surface area (TPSA) is 72.6 Å². The van der Waals surface area contributed by atoms with Crippen LogP contribution in [0.2, 0.25) is 0 Å². The zero-order valence-corrected chi connectivity index (χ0v) is 19.5. The zero-order chi connectivity index (χ0) is 23.2. The molecule has 1 amide bonds. The monoisotopic (exact) mass is 475 g/mol. The van der Waals surface area contributed by atoms with Gasteiger partial charge in [0.1, 0.15) is 11.8 Å². The van der Waals surface area contributed by atoms with Crippen LogP contribution < -0.4 is 0 Å². The number of nitrogens with zero attached hydrogens (tertiary/aromatic N) is 5. The molecule has 2 aliphatic rings. The van der Waals surface area contributed by atoms with Crippen LogP contribution in [0.1, 0.15) is 72.2 Å². The van der Waals surface area contributed by atoms with Crippen LogP contribution in [0.25, 0.3) is 5.65 Å². The molecule has 7 nitrogen and oxygen atoms in total. The first-order chi connectivity index (χ1) is 15.8. The summed E-state index contributed by atoms with van der Waals surface area (Å²) >= 11 is 1.40. The molecule has 1 aliphatic carbocycles. The van der Waals surface area contributed by atoms with Gasteiger partial charge < -0.3 is 9.64 Å². The van der Waals surface area contributed by atoms with E-state index in [0.29, 0.717) is 51.1 Å². The maximum absolute atomic E-state index is 13.7. The molecule has 0 radical (unpaired) electrons. The van der Waals surface area contributed by atoms with Crippen LogP contribution >= 0.6 is 11.3 Å². The van der Waals surface area contributed by atoms with Crippen molar-refractivity contribution in [3.05, 3.63) is 45.8 Å². The van der Waals surface area contributed by atoms with Gasteiger partial charge in [0.25, 0.3) is 5.91 Å². The van der Waals surface area contributed by atoms with Crippen molar-refractivity contribution in [3.8, 4) is 0 Å². The van der Waals surface area contributed by atoms with Crippen molar-refractivity contribution in [1.29, 1.82) is 0 Å². The van der Waals surface area contributed by atoms with Crippen molar-refractivity contribution in [2.24, 2.45) is 5.92 Å². The lowest BCUT2D eigenvalue weighted by Gasteiger charge is -2.33. The number of hydrogen-bond acceptors (Lipinski definition) is 6. The second-order valence-corrected chi connectivity index (χ2v) is 9.87. The molecule has 1 saturated carbocycles. The number of thiazole rings is 1. The molecule has 1 aliphatic heterocycles. The van der Waals surface area contributed by atoms with Gasteiger partial charge in [0.15, 0.2) is 5.65 Å². The van der Waals surface area contributed by atoms with E-state index in [4.69, 9.17) is 9.84 Å². The highest BCUT2D eigenvalue weighted by atomic mass is 32.1. The van der Waals surface area contributed by atoms with Crippen molar-refractivity contribution in [3.63, 3.8) is 0 Å². The van der Waals surface area contributed by atoms with Gasteiger partial charge in [-0.2, -0.15) is 5.10 Å². The van der Waals surface area contributed by atoms with E-state index in [1.807, 2.05) is 19.1 Å². The van der Waals surface area contributed by atoms with Crippen LogP contribution in [0.3, 0.4) is 0 Å². The summed E-state index contributed by atoms with van der Waals surface area (Å²) in [6, 6.07) is 3.91. The van der Waals surface area contributed by atoms with Crippen LogP contribution in [0, 0.1) is 12.8 Å². The van der Waals surface area contributed by atoms with Crippen molar-refractivity contribution >= 4 is 22.9 Å². The Morgan fingerprint density at radius 1 is 1.24 bits per heavy atom. The number of aryl methyl sites for hydroxylation is 1. The Morgan fingerprint density at radius 2 is 2.03 bits per heavy atom. The number of ether oxygens (including phenoxy) is 1. The molecule has 176 valence electrons. The second kappa shape index (κ2) is 8.72. The Kier molecular flexibility index (Phi) is 5.90. The summed E-state index contributed by atoms with van der Waals surface area (Å²) in [5.74, 6) is -3.14. The third kappa shape index (κ3) is 4.50. The number of halogens is 2. The molecule has 4 heterocycles. The van der Waals surface area contributed by atoms with E-state index in [2.05, 4.69) is 9.97 Å². The summed E-state index contributed by atoms with van der Waals surface area (Å²) in [6.45, 7) is 4.28. The second-order valence-electron chi connectivity index (χ2n) is 9.15. The molecule has 0 unspecified atom stereocenters. The van der Waals surface area contributed by atoms with Gasteiger partial charge in [0.05, 0.1) is 30.1 Å². The van der Waals surface area contributed by atoms with Gasteiger partial charge in [-0.05, 0) is 45.6 Å². The van der Waals surface area contributed by atoms with E-state index in [1.165, 1.54) is 11.3 Å². The number of rotatable bonds is 4. The first-order valence-corrected chi connectivity index (χ1v) is 12.3. The lowest BCUT2D eigenvalue weighted by Crippen LogP contribution is -2.42. The summed E-state index contributed by atoms with van der Waals surface area (Å²) in [5, 5.41) is 6.59. The van der Waals surface area contributed by atoms with Crippen molar-refractivity contribution < 1.29 is 18.3 Å². The number of hydrogen-bond donors (Lipinski definition) is 0. The molecule has 2 fully saturated rings. The number of amides is 1. The van der Waals surface area contributed by atoms with Crippen LogP contribution in [0.5, 0.6) is 0 Å². The maximum Gasteiger partial charge on any atom is 0.273 e. The third-order valence-electron chi connectivity index (χ3n) is 6.80. The third-order valence-corrected chi connectivity index (χ3v) is 7.39. The molecule has 5 rings (SSSR count). The highest BCUT2D eigenvalue weighted by Crippen LogP contribution is 2.42. The molecule has 3 aromatic heterocycles. The van der Waals surface area contributed by atoms with Gasteiger partial charge in [0.2, 0.25) is 5.92 Å². The summed E-state index contributed by atoms with van der Waals surface area (Å²) in [6.07, 6.45) is 2.05. The molecule has 3 aromatic rings. The SMILES string of the molecule is Cc1cc([C@H]2CN(C(=O)c3cscn3)CCO2)n2nc(C3CCC(C(C)(F)F)CC3)cc2n1. The van der Waals surface area contributed by atoms with Crippen LogP contribution in [0.15, 0.2) is 23.0 Å². The molecular formula is C23H27F2N5O2S. The van der Waals surface area contributed by atoms with E-state index < -0.39 is 11.8 Å². The predicted molar refractivity (Wildman–Crippen MR) is 120 cm³/mol. The smallest absolute Gasteiger partial charge is 0.273 e. The number of fused-ring (bicyclic) bond motifs is 1. The van der Waals surface area contributed by atoms with Gasteiger partial charge in [0, 0.05) is 35.5 Å². The van der Waals surface area contributed by atoms with E-state index in [1.54, 1.807) is 20.3 Å². The predicted octanol–water partition coefficient (Wildman–Crippen LogP) is 4.64. The fraction of sp³-hybridized carbons (Fsp3) is 0.565. The highest BCUT2D eigenvalue weighted by molar-refractivity contribution is 7.07. The first-order valence-electron chi connectivity index (χ1n) is 11.3. The number of carbonyl (C=O) groups excluding carboxylic acids is 1. The lowest BCUT2D eigenvalue weighted by molar-refractivity contribution is -0.0547. The summed E-state index contributed by atoms with van der Waals surface area (Å²) in [7, 11) is 0. The van der Waals surface area contributed by atoms with Crippen molar-refractivity contribution in [1.82, 2.24) is 24.5 Å². The molecule has 33 heavy (non-hydrogen) atoms. The van der Waals surface area contributed by atoms with E-state index in [0.717, 1.165) is 29.7 Å². The number of morpholine rings is 1. The van der Waals surface area contributed by atoms with Gasteiger partial charge in [-0.25, -0.2) is 23.3 Å². The van der Waals surface area contributed by atoms with E-state index in [-0.39, 0.29) is 17.9 Å². The Labute approximate surface area is 194 Å². The molecule has 0 N–H and O–H groups in total. The normalized spacial score (nSPS) is 24.4. The molecule has 0 spiro atoms. The quantitative estimate of drug-likeness (QED) is 0.550. The standard InChI is InChI=1S/C23H27F2N5O2S/c1-14-9-19(20-11-29(7-8-32-20)22(31)18-12-33-13-26-18)30-21(27-14)10-17(28-30)15-3-5-16(6-4-15)23(2,24)25/h9-10,12-13,15-16,20H,3-8,11H2,1-2H3/t15?,16?,20-/m1/s1. The lowest BCUT2D eigenvalue weighted by atomic mass is 9.78. The van der Waals surface area contributed by atoms with Gasteiger partial charge in [-0.1, -0.05) is 0 Å². The molecule has 0 bridgehead atoms. The number of alkyl halides is 2. The molecule has 0 aromatic carbocycles. The Balaban J connectivity index is 1.39. The largest absolute Gasteiger partial charge is 0.368 e. The van der Waals surface area contributed by atoms with Gasteiger partial charge >= 0.3 is 0 Å². The van der Waals surface area contributed by atoms with Gasteiger partial charge in [-0.15, -0.1) is 11.3 Å². The average molecular weight is 476 g/mol. The Morgan fingerprint density at radius 3 is 2.73 bits per heavy atom. The Hall–Kier alpha value is -2.46. The van der Waals surface area contributed by atoms with E-state index >= 15 is 0 Å². The highest BCUT2D eigenvalue weighted by Gasteiger charge is 2.38. The van der Waals surface area contributed by atoms with Crippen LogP contribution in [0.4, 0.5) is 8.78 Å². The molecule has 10 heteroatoms. The summed E-state index contributed by atoms with van der Waals surface area (Å²) < 4.78 is 35.3. The van der Waals surface area contributed by atoms with Crippen molar-refractivity contribution in [2.75, 3.05) is 19.7 Å². The number of carbonyl (C=O) groups is 1. The fourth-order valence-corrected chi connectivity index (χ4v) is 5.49. The first kappa shape index (κ1) is 22.3. The van der Waals surface area contributed by atoms with E-state index in [9.17, 15) is 13.6 Å². The van der Waals surface area contributed by atoms with Gasteiger partial charge in [-0.3, -0.25) is 4.79 Å². The van der Waals surface area contributed by atoms with Crippen molar-refractivity contribution in [2.45, 2.75) is 57.5 Å². The minimum Gasteiger partial charge on any atom is -0.368 e. The summed E-state index contributed by atoms with van der Waals surface area (Å²) in [4.78, 5) is 23.3.